The van der Waals surface area contributed by atoms with E-state index in [4.69, 9.17) is 4.74 Å². The fraction of sp³-hybridized carbons (Fsp3) is 0.318. The Kier molecular flexibility index (Phi) is 5.28. The molecule has 0 saturated heterocycles. The molecule has 0 spiro atoms. The number of hydrogen-bond acceptors (Lipinski definition) is 4. The summed E-state index contributed by atoms with van der Waals surface area (Å²) in [6, 6.07) is 13.9. The van der Waals surface area contributed by atoms with Crippen LogP contribution < -0.4 is 10.1 Å². The highest BCUT2D eigenvalue weighted by atomic mass is 16.5. The fourth-order valence-electron chi connectivity index (χ4n) is 3.65. The number of carbonyl (C=O) groups is 1. The summed E-state index contributed by atoms with van der Waals surface area (Å²) in [5.41, 5.74) is 0.803. The molecule has 2 aromatic heterocycles. The van der Waals surface area contributed by atoms with Gasteiger partial charge in [0.2, 0.25) is 5.91 Å². The smallest absolute Gasteiger partial charge is 0.226 e. The number of pyridine rings is 2. The number of fused-ring (bicyclic) bond motifs is 1. The van der Waals surface area contributed by atoms with E-state index in [1.807, 2.05) is 48.7 Å². The fourth-order valence-corrected chi connectivity index (χ4v) is 3.65. The van der Waals surface area contributed by atoms with Crippen LogP contribution in [0.3, 0.4) is 0 Å². The number of rotatable bonds is 5. The molecule has 5 nitrogen and oxygen atoms in total. The van der Waals surface area contributed by atoms with Gasteiger partial charge in [0, 0.05) is 41.1 Å². The van der Waals surface area contributed by atoms with Gasteiger partial charge in [-0.05, 0) is 49.9 Å². The first-order valence-electron chi connectivity index (χ1n) is 9.46. The second-order valence-corrected chi connectivity index (χ2v) is 7.01. The molecular weight excluding hydrogens is 338 g/mol. The molecule has 5 heteroatoms. The van der Waals surface area contributed by atoms with Crippen molar-refractivity contribution >= 4 is 16.7 Å². The minimum atomic E-state index is 0.0413. The Morgan fingerprint density at radius 1 is 1.04 bits per heavy atom. The minimum Gasteiger partial charge on any atom is -0.490 e. The lowest BCUT2D eigenvalue weighted by Gasteiger charge is -2.29. The zero-order valence-electron chi connectivity index (χ0n) is 15.2. The van der Waals surface area contributed by atoms with Crippen molar-refractivity contribution in [3.8, 4) is 5.75 Å². The van der Waals surface area contributed by atoms with Crippen LogP contribution in [-0.2, 0) is 11.2 Å². The monoisotopic (exact) mass is 361 g/mol. The van der Waals surface area contributed by atoms with Gasteiger partial charge in [-0.15, -0.1) is 0 Å². The van der Waals surface area contributed by atoms with Gasteiger partial charge in [0.25, 0.3) is 0 Å². The number of nitrogens with zero attached hydrogens (tertiary/aromatic N) is 2. The Bertz CT molecular complexity index is 900. The van der Waals surface area contributed by atoms with Crippen LogP contribution in [-0.4, -0.2) is 28.0 Å². The van der Waals surface area contributed by atoms with Gasteiger partial charge in [-0.2, -0.15) is 0 Å². The summed E-state index contributed by atoms with van der Waals surface area (Å²) in [5, 5.41) is 5.32. The van der Waals surface area contributed by atoms with Gasteiger partial charge in [-0.3, -0.25) is 14.8 Å². The maximum atomic E-state index is 12.2. The van der Waals surface area contributed by atoms with E-state index in [9.17, 15) is 4.79 Å². The number of carbonyl (C=O) groups excluding carboxylic acids is 1. The number of hydrogen-bond donors (Lipinski definition) is 1. The van der Waals surface area contributed by atoms with Crippen molar-refractivity contribution in [2.75, 3.05) is 0 Å². The molecule has 1 aromatic carbocycles. The number of ether oxygens (including phenoxy) is 1. The Morgan fingerprint density at radius 2 is 1.93 bits per heavy atom. The molecule has 0 bridgehead atoms. The van der Waals surface area contributed by atoms with E-state index in [0.29, 0.717) is 6.42 Å². The standard InChI is InChI=1S/C22H23N3O2/c26-22(14-18-5-1-2-12-24-18)25-17-7-9-19(10-8-17)27-21-6-3-4-16-15-23-13-11-20(16)21/h1-6,11-13,15,17,19H,7-10,14H2,(H,25,26). The Labute approximate surface area is 158 Å². The number of nitrogens with one attached hydrogen (secondary N) is 1. The highest BCUT2D eigenvalue weighted by Crippen LogP contribution is 2.29. The zero-order chi connectivity index (χ0) is 18.5. The van der Waals surface area contributed by atoms with Gasteiger partial charge in [-0.25, -0.2) is 0 Å². The molecule has 3 aromatic rings. The third kappa shape index (κ3) is 4.42. The molecule has 1 fully saturated rings. The molecule has 4 rings (SSSR count). The largest absolute Gasteiger partial charge is 0.490 e. The van der Waals surface area contributed by atoms with E-state index >= 15 is 0 Å². The third-order valence-corrected chi connectivity index (χ3v) is 5.04. The topological polar surface area (TPSA) is 64.1 Å². The second kappa shape index (κ2) is 8.16. The van der Waals surface area contributed by atoms with Gasteiger partial charge < -0.3 is 10.1 Å². The highest BCUT2D eigenvalue weighted by molar-refractivity contribution is 5.87. The molecule has 2 heterocycles. The third-order valence-electron chi connectivity index (χ3n) is 5.04. The van der Waals surface area contributed by atoms with Crippen molar-refractivity contribution in [3.63, 3.8) is 0 Å². The van der Waals surface area contributed by atoms with E-state index in [1.54, 1.807) is 12.4 Å². The summed E-state index contributed by atoms with van der Waals surface area (Å²) in [4.78, 5) is 20.6. The molecular formula is C22H23N3O2. The zero-order valence-corrected chi connectivity index (χ0v) is 15.2. The van der Waals surface area contributed by atoms with E-state index < -0.39 is 0 Å². The van der Waals surface area contributed by atoms with Crippen LogP contribution >= 0.6 is 0 Å². The molecule has 1 saturated carbocycles. The summed E-state index contributed by atoms with van der Waals surface area (Å²) >= 11 is 0. The van der Waals surface area contributed by atoms with Crippen LogP contribution in [0, 0.1) is 0 Å². The van der Waals surface area contributed by atoms with Crippen LogP contribution in [0.5, 0.6) is 5.75 Å². The minimum absolute atomic E-state index is 0.0413. The summed E-state index contributed by atoms with van der Waals surface area (Å²) in [5.74, 6) is 0.956. The number of benzene rings is 1. The van der Waals surface area contributed by atoms with Crippen molar-refractivity contribution in [1.82, 2.24) is 15.3 Å². The molecule has 0 unspecified atom stereocenters. The molecule has 1 N–H and O–H groups in total. The highest BCUT2D eigenvalue weighted by Gasteiger charge is 2.24. The molecule has 1 aliphatic carbocycles. The summed E-state index contributed by atoms with van der Waals surface area (Å²) in [6.07, 6.45) is 9.64. The predicted octanol–water partition coefficient (Wildman–Crippen LogP) is 3.68. The predicted molar refractivity (Wildman–Crippen MR) is 104 cm³/mol. The van der Waals surface area contributed by atoms with Crippen molar-refractivity contribution in [1.29, 1.82) is 0 Å². The van der Waals surface area contributed by atoms with Gasteiger partial charge >= 0.3 is 0 Å². The molecule has 0 radical (unpaired) electrons. The van der Waals surface area contributed by atoms with Crippen LogP contribution in [0.2, 0.25) is 0 Å². The first kappa shape index (κ1) is 17.5. The summed E-state index contributed by atoms with van der Waals surface area (Å²) < 4.78 is 6.27. The van der Waals surface area contributed by atoms with Crippen molar-refractivity contribution in [2.24, 2.45) is 0 Å². The Balaban J connectivity index is 1.29. The number of aromatic nitrogens is 2. The van der Waals surface area contributed by atoms with E-state index in [1.165, 1.54) is 0 Å². The van der Waals surface area contributed by atoms with Crippen molar-refractivity contribution < 1.29 is 9.53 Å². The molecule has 1 aliphatic rings. The van der Waals surface area contributed by atoms with Gasteiger partial charge in [0.15, 0.2) is 0 Å². The SMILES string of the molecule is O=C(Cc1ccccn1)NC1CCC(Oc2cccc3cnccc23)CC1. The molecule has 138 valence electrons. The average molecular weight is 361 g/mol. The second-order valence-electron chi connectivity index (χ2n) is 7.01. The van der Waals surface area contributed by atoms with E-state index in [0.717, 1.165) is 47.9 Å². The average Bonchev–Trinajstić information content (AvgIpc) is 2.70. The van der Waals surface area contributed by atoms with Gasteiger partial charge in [-0.1, -0.05) is 18.2 Å². The first-order chi connectivity index (χ1) is 13.3. The van der Waals surface area contributed by atoms with Crippen LogP contribution in [0.25, 0.3) is 10.8 Å². The van der Waals surface area contributed by atoms with Crippen molar-refractivity contribution in [2.45, 2.75) is 44.2 Å². The van der Waals surface area contributed by atoms with Gasteiger partial charge in [0.1, 0.15) is 5.75 Å². The molecule has 27 heavy (non-hydrogen) atoms. The normalized spacial score (nSPS) is 19.6. The molecule has 1 amide bonds. The first-order valence-corrected chi connectivity index (χ1v) is 9.46. The lowest BCUT2D eigenvalue weighted by molar-refractivity contribution is -0.121. The van der Waals surface area contributed by atoms with Crippen LogP contribution in [0.4, 0.5) is 0 Å². The maximum Gasteiger partial charge on any atom is 0.226 e. The lowest BCUT2D eigenvalue weighted by Crippen LogP contribution is -2.40. The summed E-state index contributed by atoms with van der Waals surface area (Å²) in [7, 11) is 0. The Hall–Kier alpha value is -2.95. The quantitative estimate of drug-likeness (QED) is 0.753. The summed E-state index contributed by atoms with van der Waals surface area (Å²) in [6.45, 7) is 0. The molecule has 0 atom stereocenters. The van der Waals surface area contributed by atoms with Gasteiger partial charge in [0.05, 0.1) is 12.5 Å². The van der Waals surface area contributed by atoms with E-state index in [-0.39, 0.29) is 18.1 Å². The van der Waals surface area contributed by atoms with Crippen LogP contribution in [0.1, 0.15) is 31.4 Å². The van der Waals surface area contributed by atoms with Crippen molar-refractivity contribution in [3.05, 3.63) is 66.7 Å². The van der Waals surface area contributed by atoms with E-state index in [2.05, 4.69) is 15.3 Å². The molecule has 0 aliphatic heterocycles. The van der Waals surface area contributed by atoms with Crippen LogP contribution in [0.15, 0.2) is 61.1 Å². The maximum absolute atomic E-state index is 12.2. The number of amides is 1. The lowest BCUT2D eigenvalue weighted by atomic mass is 9.92. The Morgan fingerprint density at radius 3 is 2.74 bits per heavy atom.